The van der Waals surface area contributed by atoms with Crippen LogP contribution in [0.1, 0.15) is 33.9 Å². The van der Waals surface area contributed by atoms with Crippen LogP contribution in [0.2, 0.25) is 0 Å². The Kier molecular flexibility index (Phi) is 6.05. The number of anilines is 1. The maximum atomic E-state index is 13.3. The zero-order valence-electron chi connectivity index (χ0n) is 19.4. The molecular formula is C28H28N2O3. The number of carbonyl (C=O) groups is 2. The Balaban J connectivity index is 1.89. The van der Waals surface area contributed by atoms with Crippen molar-refractivity contribution in [3.63, 3.8) is 0 Å². The lowest BCUT2D eigenvalue weighted by atomic mass is 9.93. The first-order valence-electron chi connectivity index (χ1n) is 10.9. The molecule has 1 atom stereocenters. The summed E-state index contributed by atoms with van der Waals surface area (Å²) < 4.78 is 0. The normalized spacial score (nSPS) is 17.5. The topological polar surface area (TPSA) is 60.9 Å². The van der Waals surface area contributed by atoms with E-state index in [0.29, 0.717) is 5.56 Å². The second kappa shape index (κ2) is 8.94. The van der Waals surface area contributed by atoms with Gasteiger partial charge in [0, 0.05) is 31.9 Å². The number of Topliss-reactive ketones (excluding diaryl/α,β-unsaturated/α-hetero) is 1. The summed E-state index contributed by atoms with van der Waals surface area (Å²) in [6.07, 6.45) is 0. The smallest absolute Gasteiger partial charge is 0.295 e. The number of aliphatic hydroxyl groups excluding tert-OH is 1. The molecule has 1 fully saturated rings. The predicted molar refractivity (Wildman–Crippen MR) is 131 cm³/mol. The van der Waals surface area contributed by atoms with Gasteiger partial charge in [0.05, 0.1) is 11.6 Å². The first-order valence-corrected chi connectivity index (χ1v) is 10.9. The van der Waals surface area contributed by atoms with Gasteiger partial charge in [-0.3, -0.25) is 9.59 Å². The molecule has 168 valence electrons. The van der Waals surface area contributed by atoms with E-state index in [0.717, 1.165) is 27.9 Å². The SMILES string of the molecule is Cc1ccc(C)c(C(O)=C2C(=O)C(=O)N(Cc3ccccc3)C2c2ccc(N(C)C)cc2)c1. The molecule has 0 aromatic heterocycles. The van der Waals surface area contributed by atoms with Crippen molar-refractivity contribution in [2.45, 2.75) is 26.4 Å². The van der Waals surface area contributed by atoms with E-state index in [9.17, 15) is 14.7 Å². The molecule has 1 aliphatic rings. The van der Waals surface area contributed by atoms with Crippen molar-refractivity contribution < 1.29 is 14.7 Å². The minimum atomic E-state index is -0.679. The van der Waals surface area contributed by atoms with Crippen LogP contribution in [0.25, 0.3) is 5.76 Å². The van der Waals surface area contributed by atoms with Crippen molar-refractivity contribution in [1.29, 1.82) is 0 Å². The van der Waals surface area contributed by atoms with Gasteiger partial charge in [-0.15, -0.1) is 0 Å². The molecule has 1 N–H and O–H groups in total. The van der Waals surface area contributed by atoms with E-state index in [-0.39, 0.29) is 17.9 Å². The summed E-state index contributed by atoms with van der Waals surface area (Å²) in [5.74, 6) is -1.40. The van der Waals surface area contributed by atoms with E-state index in [1.807, 2.05) is 106 Å². The number of amides is 1. The van der Waals surface area contributed by atoms with Gasteiger partial charge in [-0.05, 0) is 48.7 Å². The highest BCUT2D eigenvalue weighted by Crippen LogP contribution is 2.41. The third kappa shape index (κ3) is 4.27. The minimum absolute atomic E-state index is 0.127. The fourth-order valence-corrected chi connectivity index (χ4v) is 4.26. The van der Waals surface area contributed by atoms with E-state index < -0.39 is 17.7 Å². The molecule has 5 nitrogen and oxygen atoms in total. The number of aryl methyl sites for hydroxylation is 2. The monoisotopic (exact) mass is 440 g/mol. The minimum Gasteiger partial charge on any atom is -0.507 e. The molecular weight excluding hydrogens is 412 g/mol. The molecule has 33 heavy (non-hydrogen) atoms. The van der Waals surface area contributed by atoms with Crippen LogP contribution in [-0.4, -0.2) is 35.8 Å². The molecule has 1 unspecified atom stereocenters. The standard InChI is InChI=1S/C28H28N2O3/c1-18-10-11-19(2)23(16-18)26(31)24-25(21-12-14-22(15-13-21)29(3)4)30(28(33)27(24)32)17-20-8-6-5-7-9-20/h5-16,25,31H,17H2,1-4H3. The van der Waals surface area contributed by atoms with Crippen LogP contribution in [0.4, 0.5) is 5.69 Å². The summed E-state index contributed by atoms with van der Waals surface area (Å²) in [7, 11) is 3.91. The first-order chi connectivity index (χ1) is 15.8. The van der Waals surface area contributed by atoms with Crippen LogP contribution in [-0.2, 0) is 16.1 Å². The van der Waals surface area contributed by atoms with Gasteiger partial charge in [-0.1, -0.05) is 60.2 Å². The maximum Gasteiger partial charge on any atom is 0.295 e. The van der Waals surface area contributed by atoms with Crippen molar-refractivity contribution in [3.8, 4) is 0 Å². The van der Waals surface area contributed by atoms with Crippen molar-refractivity contribution >= 4 is 23.1 Å². The van der Waals surface area contributed by atoms with Gasteiger partial charge in [0.2, 0.25) is 0 Å². The lowest BCUT2D eigenvalue weighted by Crippen LogP contribution is -2.29. The quantitative estimate of drug-likeness (QED) is 0.345. The number of benzene rings is 3. The summed E-state index contributed by atoms with van der Waals surface area (Å²) in [4.78, 5) is 30.0. The number of rotatable bonds is 5. The third-order valence-corrected chi connectivity index (χ3v) is 6.11. The summed E-state index contributed by atoms with van der Waals surface area (Å²) in [5.41, 5.74) is 5.21. The molecule has 0 bridgehead atoms. The Bertz CT molecular complexity index is 1230. The van der Waals surface area contributed by atoms with Gasteiger partial charge >= 0.3 is 0 Å². The number of ketones is 1. The molecule has 4 rings (SSSR count). The molecule has 0 radical (unpaired) electrons. The van der Waals surface area contributed by atoms with Crippen LogP contribution < -0.4 is 4.90 Å². The van der Waals surface area contributed by atoms with Gasteiger partial charge in [0.15, 0.2) is 0 Å². The number of nitrogens with zero attached hydrogens (tertiary/aromatic N) is 2. The average molecular weight is 441 g/mol. The number of carbonyl (C=O) groups excluding carboxylic acids is 2. The largest absolute Gasteiger partial charge is 0.507 e. The average Bonchev–Trinajstić information content (AvgIpc) is 3.06. The highest BCUT2D eigenvalue weighted by Gasteiger charge is 2.46. The number of hydrogen-bond acceptors (Lipinski definition) is 4. The molecule has 5 heteroatoms. The van der Waals surface area contributed by atoms with Crippen molar-refractivity contribution in [2.75, 3.05) is 19.0 Å². The van der Waals surface area contributed by atoms with E-state index in [4.69, 9.17) is 0 Å². The Morgan fingerprint density at radius 1 is 0.939 bits per heavy atom. The number of hydrogen-bond donors (Lipinski definition) is 1. The summed E-state index contributed by atoms with van der Waals surface area (Å²) >= 11 is 0. The van der Waals surface area contributed by atoms with E-state index >= 15 is 0 Å². The second-order valence-electron chi connectivity index (χ2n) is 8.72. The highest BCUT2D eigenvalue weighted by atomic mass is 16.3. The second-order valence-corrected chi connectivity index (χ2v) is 8.72. The van der Waals surface area contributed by atoms with E-state index in [1.54, 1.807) is 4.90 Å². The Morgan fingerprint density at radius 2 is 1.61 bits per heavy atom. The number of aliphatic hydroxyl groups is 1. The Labute approximate surface area is 194 Å². The summed E-state index contributed by atoms with van der Waals surface area (Å²) in [6, 6.07) is 22.4. The van der Waals surface area contributed by atoms with E-state index in [1.165, 1.54) is 0 Å². The molecule has 1 amide bonds. The fraction of sp³-hybridized carbons (Fsp3) is 0.214. The molecule has 3 aromatic rings. The lowest BCUT2D eigenvalue weighted by Gasteiger charge is -2.26. The zero-order valence-corrected chi connectivity index (χ0v) is 19.4. The molecule has 0 aliphatic carbocycles. The van der Waals surface area contributed by atoms with Crippen LogP contribution >= 0.6 is 0 Å². The van der Waals surface area contributed by atoms with Crippen LogP contribution in [0.15, 0.2) is 78.4 Å². The van der Waals surface area contributed by atoms with Crippen molar-refractivity contribution in [2.24, 2.45) is 0 Å². The van der Waals surface area contributed by atoms with E-state index in [2.05, 4.69) is 0 Å². The van der Waals surface area contributed by atoms with Crippen LogP contribution in [0.5, 0.6) is 0 Å². The molecule has 1 heterocycles. The first kappa shape index (κ1) is 22.3. The third-order valence-electron chi connectivity index (χ3n) is 6.11. The summed E-state index contributed by atoms with van der Waals surface area (Å²) in [5, 5.41) is 11.3. The van der Waals surface area contributed by atoms with Gasteiger partial charge in [0.25, 0.3) is 11.7 Å². The molecule has 0 spiro atoms. The Hall–Kier alpha value is -3.86. The van der Waals surface area contributed by atoms with Crippen molar-refractivity contribution in [3.05, 3.63) is 106 Å². The van der Waals surface area contributed by atoms with Gasteiger partial charge in [-0.25, -0.2) is 0 Å². The number of likely N-dealkylation sites (tertiary alicyclic amines) is 1. The Morgan fingerprint density at radius 3 is 2.24 bits per heavy atom. The van der Waals surface area contributed by atoms with Crippen LogP contribution in [0, 0.1) is 13.8 Å². The molecule has 1 aliphatic heterocycles. The molecule has 0 saturated carbocycles. The predicted octanol–water partition coefficient (Wildman–Crippen LogP) is 4.99. The molecule has 1 saturated heterocycles. The molecule has 3 aromatic carbocycles. The highest BCUT2D eigenvalue weighted by molar-refractivity contribution is 6.46. The fourth-order valence-electron chi connectivity index (χ4n) is 4.26. The van der Waals surface area contributed by atoms with Gasteiger partial charge < -0.3 is 14.9 Å². The van der Waals surface area contributed by atoms with Gasteiger partial charge in [-0.2, -0.15) is 0 Å². The maximum absolute atomic E-state index is 13.3. The summed E-state index contributed by atoms with van der Waals surface area (Å²) in [6.45, 7) is 4.09. The van der Waals surface area contributed by atoms with Crippen LogP contribution in [0.3, 0.4) is 0 Å². The van der Waals surface area contributed by atoms with Crippen molar-refractivity contribution in [1.82, 2.24) is 4.90 Å². The van der Waals surface area contributed by atoms with Gasteiger partial charge in [0.1, 0.15) is 5.76 Å². The lowest BCUT2D eigenvalue weighted by molar-refractivity contribution is -0.140. The zero-order chi connectivity index (χ0) is 23.7.